The first-order valence-electron chi connectivity index (χ1n) is 7.30. The molecule has 0 spiro atoms. The number of halogens is 1. The number of hydrogen-bond donors (Lipinski definition) is 1. The second-order valence-electron chi connectivity index (χ2n) is 6.10. The van der Waals surface area contributed by atoms with Crippen molar-refractivity contribution in [2.24, 2.45) is 11.7 Å². The Bertz CT molecular complexity index is 425. The molecule has 0 radical (unpaired) electrons. The summed E-state index contributed by atoms with van der Waals surface area (Å²) in [5, 5.41) is 0. The van der Waals surface area contributed by atoms with Gasteiger partial charge in [0.25, 0.3) is 0 Å². The molecule has 2 nitrogen and oxygen atoms in total. The summed E-state index contributed by atoms with van der Waals surface area (Å²) in [6.45, 7) is 7.79. The van der Waals surface area contributed by atoms with Gasteiger partial charge >= 0.3 is 0 Å². The third kappa shape index (κ3) is 3.96. The van der Waals surface area contributed by atoms with E-state index >= 15 is 0 Å². The number of nitrogens with zero attached hydrogens (tertiary/aromatic N) is 1. The van der Waals surface area contributed by atoms with Crippen LogP contribution < -0.4 is 10.6 Å². The molecule has 1 atom stereocenters. The van der Waals surface area contributed by atoms with Gasteiger partial charge in [0.1, 0.15) is 0 Å². The van der Waals surface area contributed by atoms with Crippen molar-refractivity contribution in [1.82, 2.24) is 0 Å². The molecule has 0 amide bonds. The first kappa shape index (κ1) is 14.9. The lowest BCUT2D eigenvalue weighted by atomic mass is 10.0. The lowest BCUT2D eigenvalue weighted by Crippen LogP contribution is -2.29. The first-order chi connectivity index (χ1) is 8.99. The normalized spacial score (nSPS) is 16.7. The average molecular weight is 325 g/mol. The van der Waals surface area contributed by atoms with Gasteiger partial charge in [-0.1, -0.05) is 29.8 Å². The fourth-order valence-corrected chi connectivity index (χ4v) is 2.81. The molecule has 1 saturated carbocycles. The fraction of sp³-hybridized carbons (Fsp3) is 0.625. The van der Waals surface area contributed by atoms with Gasteiger partial charge < -0.3 is 10.6 Å². The maximum atomic E-state index is 6.15. The van der Waals surface area contributed by atoms with Gasteiger partial charge in [0.05, 0.1) is 0 Å². The molecular formula is C16H25BrN2. The second kappa shape index (κ2) is 6.27. The molecule has 1 aliphatic rings. The van der Waals surface area contributed by atoms with Crippen LogP contribution in [0.5, 0.6) is 0 Å². The molecule has 106 valence electrons. The summed E-state index contributed by atoms with van der Waals surface area (Å²) in [5.74, 6) is 0.746. The van der Waals surface area contributed by atoms with E-state index in [-0.39, 0.29) is 6.04 Å². The molecule has 2 N–H and O–H groups in total. The van der Waals surface area contributed by atoms with E-state index in [9.17, 15) is 0 Å². The Morgan fingerprint density at radius 2 is 2.00 bits per heavy atom. The standard InChI is InChI=1S/C16H25BrN2/c1-11(2)8-9-19(14-5-6-14)16-7-4-13(17)10-15(16)12(3)18/h4,7,10-12,14H,5-6,8-9,18H2,1-3H3. The van der Waals surface area contributed by atoms with Crippen molar-refractivity contribution >= 4 is 21.6 Å². The zero-order chi connectivity index (χ0) is 14.0. The molecule has 0 saturated heterocycles. The summed E-state index contributed by atoms with van der Waals surface area (Å²) in [6.07, 6.45) is 3.89. The van der Waals surface area contributed by atoms with Gasteiger partial charge in [-0.3, -0.25) is 0 Å². The Labute approximate surface area is 125 Å². The molecule has 1 aromatic carbocycles. The first-order valence-corrected chi connectivity index (χ1v) is 8.10. The molecule has 1 aromatic rings. The quantitative estimate of drug-likeness (QED) is 0.835. The summed E-state index contributed by atoms with van der Waals surface area (Å²) in [7, 11) is 0. The van der Waals surface area contributed by atoms with E-state index < -0.39 is 0 Å². The average Bonchev–Trinajstić information content (AvgIpc) is 3.14. The van der Waals surface area contributed by atoms with Crippen molar-refractivity contribution in [3.8, 4) is 0 Å². The molecule has 0 bridgehead atoms. The van der Waals surface area contributed by atoms with E-state index in [0.717, 1.165) is 23.0 Å². The third-order valence-corrected chi connectivity index (χ3v) is 4.22. The van der Waals surface area contributed by atoms with Crippen LogP contribution >= 0.6 is 15.9 Å². The van der Waals surface area contributed by atoms with Gasteiger partial charge in [-0.2, -0.15) is 0 Å². The van der Waals surface area contributed by atoms with Crippen molar-refractivity contribution in [2.75, 3.05) is 11.4 Å². The van der Waals surface area contributed by atoms with Crippen LogP contribution in [0.4, 0.5) is 5.69 Å². The number of benzene rings is 1. The van der Waals surface area contributed by atoms with Crippen LogP contribution in [0, 0.1) is 5.92 Å². The van der Waals surface area contributed by atoms with E-state index in [4.69, 9.17) is 5.73 Å². The zero-order valence-electron chi connectivity index (χ0n) is 12.2. The molecule has 2 rings (SSSR count). The minimum Gasteiger partial charge on any atom is -0.368 e. The van der Waals surface area contributed by atoms with Gasteiger partial charge in [-0.15, -0.1) is 0 Å². The summed E-state index contributed by atoms with van der Waals surface area (Å²) in [6, 6.07) is 7.34. The lowest BCUT2D eigenvalue weighted by Gasteiger charge is -2.29. The second-order valence-corrected chi connectivity index (χ2v) is 7.01. The van der Waals surface area contributed by atoms with E-state index in [1.165, 1.54) is 30.5 Å². The largest absolute Gasteiger partial charge is 0.368 e. The summed E-state index contributed by atoms with van der Waals surface area (Å²) in [5.41, 5.74) is 8.74. The van der Waals surface area contributed by atoms with Crippen molar-refractivity contribution in [1.29, 1.82) is 0 Å². The van der Waals surface area contributed by atoms with E-state index in [1.54, 1.807) is 0 Å². The summed E-state index contributed by atoms with van der Waals surface area (Å²) in [4.78, 5) is 2.57. The Hall–Kier alpha value is -0.540. The monoisotopic (exact) mass is 324 g/mol. The maximum Gasteiger partial charge on any atom is 0.0417 e. The molecule has 0 aromatic heterocycles. The maximum absolute atomic E-state index is 6.15. The van der Waals surface area contributed by atoms with Crippen LogP contribution in [0.1, 0.15) is 51.6 Å². The van der Waals surface area contributed by atoms with E-state index in [2.05, 4.69) is 59.8 Å². The molecule has 1 aliphatic carbocycles. The topological polar surface area (TPSA) is 29.3 Å². The van der Waals surface area contributed by atoms with Crippen LogP contribution in [-0.2, 0) is 0 Å². The van der Waals surface area contributed by atoms with Crippen molar-refractivity contribution in [3.63, 3.8) is 0 Å². The van der Waals surface area contributed by atoms with E-state index in [0.29, 0.717) is 0 Å². The minimum atomic E-state index is 0.0767. The van der Waals surface area contributed by atoms with Gasteiger partial charge in [-0.05, 0) is 55.9 Å². The van der Waals surface area contributed by atoms with E-state index in [1.807, 2.05) is 0 Å². The Balaban J connectivity index is 2.25. The van der Waals surface area contributed by atoms with Crippen LogP contribution in [0.15, 0.2) is 22.7 Å². The fourth-order valence-electron chi connectivity index (χ4n) is 2.43. The predicted molar refractivity (Wildman–Crippen MR) is 86.6 cm³/mol. The van der Waals surface area contributed by atoms with Crippen molar-refractivity contribution < 1.29 is 0 Å². The minimum absolute atomic E-state index is 0.0767. The molecule has 0 aliphatic heterocycles. The van der Waals surface area contributed by atoms with Crippen molar-refractivity contribution in [2.45, 2.75) is 52.1 Å². The molecule has 0 heterocycles. The van der Waals surface area contributed by atoms with Crippen LogP contribution in [0.2, 0.25) is 0 Å². The number of hydrogen-bond acceptors (Lipinski definition) is 2. The van der Waals surface area contributed by atoms with Crippen LogP contribution in [0.25, 0.3) is 0 Å². The highest BCUT2D eigenvalue weighted by Gasteiger charge is 2.30. The van der Waals surface area contributed by atoms with Gasteiger partial charge in [-0.25, -0.2) is 0 Å². The van der Waals surface area contributed by atoms with Crippen molar-refractivity contribution in [3.05, 3.63) is 28.2 Å². The third-order valence-electron chi connectivity index (χ3n) is 3.72. The summed E-state index contributed by atoms with van der Waals surface area (Å²) >= 11 is 3.55. The molecule has 1 fully saturated rings. The molecule has 1 unspecified atom stereocenters. The van der Waals surface area contributed by atoms with Crippen LogP contribution in [-0.4, -0.2) is 12.6 Å². The number of anilines is 1. The Kier molecular flexibility index (Phi) is 4.91. The highest BCUT2D eigenvalue weighted by atomic mass is 79.9. The zero-order valence-corrected chi connectivity index (χ0v) is 13.8. The molecular weight excluding hydrogens is 300 g/mol. The summed E-state index contributed by atoms with van der Waals surface area (Å²) < 4.78 is 1.11. The molecule has 19 heavy (non-hydrogen) atoms. The van der Waals surface area contributed by atoms with Crippen LogP contribution in [0.3, 0.4) is 0 Å². The van der Waals surface area contributed by atoms with Gasteiger partial charge in [0, 0.05) is 28.8 Å². The highest BCUT2D eigenvalue weighted by molar-refractivity contribution is 9.10. The molecule has 3 heteroatoms. The SMILES string of the molecule is CC(C)CCN(c1ccc(Br)cc1C(C)N)C1CC1. The van der Waals surface area contributed by atoms with Gasteiger partial charge in [0.15, 0.2) is 0 Å². The number of rotatable bonds is 6. The number of nitrogens with two attached hydrogens (primary N) is 1. The predicted octanol–water partition coefficient (Wildman–Crippen LogP) is 4.48. The smallest absolute Gasteiger partial charge is 0.0417 e. The lowest BCUT2D eigenvalue weighted by molar-refractivity contribution is 0.569. The Morgan fingerprint density at radius 3 is 2.53 bits per heavy atom. The van der Waals surface area contributed by atoms with Gasteiger partial charge in [0.2, 0.25) is 0 Å². The highest BCUT2D eigenvalue weighted by Crippen LogP contribution is 2.36. The Morgan fingerprint density at radius 1 is 1.32 bits per heavy atom.